The molecule has 0 amide bonds. The number of nitrogens with zero attached hydrogens (tertiary/aromatic N) is 6. The molecule has 2 saturated heterocycles. The summed E-state index contributed by atoms with van der Waals surface area (Å²) < 4.78 is 5.08. The van der Waals surface area contributed by atoms with Crippen molar-refractivity contribution in [3.63, 3.8) is 0 Å². The Morgan fingerprint density at radius 1 is 0.725 bits per heavy atom. The molecular weight excluding hydrogens is 492 g/mol. The van der Waals surface area contributed by atoms with Crippen LogP contribution < -0.4 is 4.90 Å². The number of piperazine rings is 1. The highest BCUT2D eigenvalue weighted by Gasteiger charge is 2.28. The number of fused-ring (bicyclic) bond motifs is 2. The fourth-order valence-electron chi connectivity index (χ4n) is 6.85. The summed E-state index contributed by atoms with van der Waals surface area (Å²) >= 11 is 0. The van der Waals surface area contributed by atoms with E-state index in [1.54, 1.807) is 0 Å². The summed E-state index contributed by atoms with van der Waals surface area (Å²) in [6.07, 6.45) is 2.31. The maximum absolute atomic E-state index is 5.16. The first-order chi connectivity index (χ1) is 19.7. The monoisotopic (exact) mass is 532 g/mol. The van der Waals surface area contributed by atoms with E-state index in [9.17, 15) is 0 Å². The molecule has 6 nitrogen and oxygen atoms in total. The lowest BCUT2D eigenvalue weighted by atomic mass is 10.0. The van der Waals surface area contributed by atoms with E-state index in [0.29, 0.717) is 6.04 Å². The summed E-state index contributed by atoms with van der Waals surface area (Å²) in [5.74, 6) is 1.17. The van der Waals surface area contributed by atoms with Crippen molar-refractivity contribution in [2.24, 2.45) is 0 Å². The van der Waals surface area contributed by atoms with Gasteiger partial charge in [-0.3, -0.25) is 4.90 Å². The summed E-state index contributed by atoms with van der Waals surface area (Å²) in [4.78, 5) is 12.8. The molecular formula is C34H40N6. The number of hydrogen-bond acceptors (Lipinski definition) is 4. The van der Waals surface area contributed by atoms with E-state index in [1.165, 1.54) is 39.2 Å². The van der Waals surface area contributed by atoms with Crippen molar-refractivity contribution >= 4 is 27.9 Å². The smallest absolute Gasteiger partial charge is 0.206 e. The Bertz CT molecular complexity index is 1600. The van der Waals surface area contributed by atoms with Crippen LogP contribution in [0.2, 0.25) is 0 Å². The molecule has 2 aromatic heterocycles. The number of benzene rings is 3. The van der Waals surface area contributed by atoms with Crippen LogP contribution >= 0.6 is 0 Å². The minimum atomic E-state index is 0.485. The maximum Gasteiger partial charge on any atom is 0.206 e. The molecule has 0 radical (unpaired) electrons. The fraction of sp³-hybridized carbons (Fsp3) is 0.382. The normalized spacial score (nSPS) is 17.8. The largest absolute Gasteiger partial charge is 0.340 e. The maximum atomic E-state index is 5.16. The van der Waals surface area contributed by atoms with E-state index >= 15 is 0 Å². The van der Waals surface area contributed by atoms with Crippen molar-refractivity contribution in [3.8, 4) is 0 Å². The summed E-state index contributed by atoms with van der Waals surface area (Å²) in [6.45, 7) is 10.7. The van der Waals surface area contributed by atoms with Crippen LogP contribution in [0.5, 0.6) is 0 Å². The van der Waals surface area contributed by atoms with E-state index in [4.69, 9.17) is 4.98 Å². The molecule has 206 valence electrons. The summed E-state index contributed by atoms with van der Waals surface area (Å²) in [7, 11) is 2.22. The Morgan fingerprint density at radius 3 is 2.17 bits per heavy atom. The van der Waals surface area contributed by atoms with Gasteiger partial charge in [0.15, 0.2) is 0 Å². The van der Waals surface area contributed by atoms with E-state index in [0.717, 1.165) is 70.7 Å². The number of piperidine rings is 1. The number of hydrogen-bond donors (Lipinski definition) is 0. The zero-order chi connectivity index (χ0) is 27.1. The molecule has 4 heterocycles. The van der Waals surface area contributed by atoms with Gasteiger partial charge in [-0.2, -0.15) is 0 Å². The average molecular weight is 533 g/mol. The van der Waals surface area contributed by atoms with Crippen molar-refractivity contribution in [1.82, 2.24) is 23.9 Å². The predicted octanol–water partition coefficient (Wildman–Crippen LogP) is 5.94. The molecule has 7 rings (SSSR count). The van der Waals surface area contributed by atoms with Crippen molar-refractivity contribution in [3.05, 3.63) is 95.7 Å². The van der Waals surface area contributed by atoms with Gasteiger partial charge in [0.2, 0.25) is 5.95 Å². The van der Waals surface area contributed by atoms with E-state index in [-0.39, 0.29) is 0 Å². The molecule has 0 unspecified atom stereocenters. The molecule has 2 fully saturated rings. The highest BCUT2D eigenvalue weighted by atomic mass is 15.4. The topological polar surface area (TPSA) is 32.5 Å². The van der Waals surface area contributed by atoms with Crippen LogP contribution in [0.25, 0.3) is 21.9 Å². The highest BCUT2D eigenvalue weighted by Crippen LogP contribution is 2.35. The number of aromatic nitrogens is 3. The first-order valence-electron chi connectivity index (χ1n) is 14.9. The fourth-order valence-corrected chi connectivity index (χ4v) is 6.85. The van der Waals surface area contributed by atoms with Gasteiger partial charge in [-0.1, -0.05) is 60.7 Å². The minimum absolute atomic E-state index is 0.485. The van der Waals surface area contributed by atoms with Crippen molar-refractivity contribution in [2.45, 2.75) is 38.9 Å². The van der Waals surface area contributed by atoms with E-state index < -0.39 is 0 Å². The second kappa shape index (κ2) is 10.8. The van der Waals surface area contributed by atoms with Crippen molar-refractivity contribution in [1.29, 1.82) is 0 Å². The number of anilines is 1. The molecule has 5 aromatic rings. The zero-order valence-electron chi connectivity index (χ0n) is 23.8. The van der Waals surface area contributed by atoms with Gasteiger partial charge >= 0.3 is 0 Å². The Hall–Kier alpha value is -3.61. The third-order valence-electron chi connectivity index (χ3n) is 9.21. The molecule has 40 heavy (non-hydrogen) atoms. The van der Waals surface area contributed by atoms with Gasteiger partial charge in [0.1, 0.15) is 0 Å². The molecule has 0 bridgehead atoms. The third-order valence-corrected chi connectivity index (χ3v) is 9.21. The molecule has 2 aliphatic heterocycles. The summed E-state index contributed by atoms with van der Waals surface area (Å²) in [6, 6.07) is 29.0. The molecule has 0 N–H and O–H groups in total. The number of rotatable bonds is 6. The van der Waals surface area contributed by atoms with E-state index in [1.807, 2.05) is 0 Å². The number of likely N-dealkylation sites (tertiary alicyclic amines) is 1. The zero-order valence-corrected chi connectivity index (χ0v) is 23.8. The van der Waals surface area contributed by atoms with Gasteiger partial charge in [-0.15, -0.1) is 0 Å². The lowest BCUT2D eigenvalue weighted by Gasteiger charge is -2.37. The van der Waals surface area contributed by atoms with Crippen LogP contribution in [0, 0.1) is 6.92 Å². The molecule has 3 aromatic carbocycles. The Labute approximate surface area is 237 Å². The molecule has 0 saturated carbocycles. The van der Waals surface area contributed by atoms with Crippen LogP contribution in [0.1, 0.15) is 35.7 Å². The third kappa shape index (κ3) is 4.69. The van der Waals surface area contributed by atoms with Crippen LogP contribution in [-0.4, -0.2) is 70.2 Å². The standard InChI is InChI=1S/C34H40N6/c1-26-30(29-12-6-8-14-32(29)39(26)24-27-10-4-3-5-11-27)25-37-18-16-28(17-19-37)40-33-15-9-7-13-31(33)35-34(40)38-22-20-36(2)21-23-38/h3-15,28H,16-25H2,1-2H3. The van der Waals surface area contributed by atoms with E-state index in [2.05, 4.69) is 117 Å². The van der Waals surface area contributed by atoms with Gasteiger partial charge in [0.25, 0.3) is 0 Å². The quantitative estimate of drug-likeness (QED) is 0.271. The van der Waals surface area contributed by atoms with Gasteiger partial charge in [-0.05, 0) is 56.1 Å². The van der Waals surface area contributed by atoms with Crippen LogP contribution in [0.15, 0.2) is 78.9 Å². The van der Waals surface area contributed by atoms with Crippen LogP contribution in [0.3, 0.4) is 0 Å². The average Bonchev–Trinajstić information content (AvgIpc) is 3.50. The number of likely N-dealkylation sites (N-methyl/N-ethyl adjacent to an activating group) is 1. The summed E-state index contributed by atoms with van der Waals surface area (Å²) in [5, 5.41) is 1.40. The molecule has 2 aliphatic rings. The van der Waals surface area contributed by atoms with Crippen molar-refractivity contribution in [2.75, 3.05) is 51.2 Å². The van der Waals surface area contributed by atoms with Crippen LogP contribution in [0.4, 0.5) is 5.95 Å². The van der Waals surface area contributed by atoms with Gasteiger partial charge < -0.3 is 18.9 Å². The first-order valence-corrected chi connectivity index (χ1v) is 14.9. The second-order valence-electron chi connectivity index (χ2n) is 11.7. The molecule has 0 aliphatic carbocycles. The number of para-hydroxylation sites is 3. The number of imidazole rings is 1. The first kappa shape index (κ1) is 25.4. The Balaban J connectivity index is 1.12. The van der Waals surface area contributed by atoms with Gasteiger partial charge in [-0.25, -0.2) is 4.98 Å². The summed E-state index contributed by atoms with van der Waals surface area (Å²) in [5.41, 5.74) is 7.98. The molecule has 0 spiro atoms. The van der Waals surface area contributed by atoms with Crippen molar-refractivity contribution < 1.29 is 0 Å². The Kier molecular flexibility index (Phi) is 6.82. The highest BCUT2D eigenvalue weighted by molar-refractivity contribution is 5.85. The molecule has 0 atom stereocenters. The lowest BCUT2D eigenvalue weighted by Crippen LogP contribution is -2.46. The Morgan fingerprint density at radius 2 is 1.40 bits per heavy atom. The SMILES string of the molecule is Cc1c(CN2CCC(n3c(N4CCN(C)CC4)nc4ccccc43)CC2)c2ccccc2n1Cc1ccccc1. The van der Waals surface area contributed by atoms with Gasteiger partial charge in [0, 0.05) is 75.0 Å². The lowest BCUT2D eigenvalue weighted by molar-refractivity contribution is 0.181. The van der Waals surface area contributed by atoms with Gasteiger partial charge in [0.05, 0.1) is 11.0 Å². The van der Waals surface area contributed by atoms with Crippen LogP contribution in [-0.2, 0) is 13.1 Å². The molecule has 6 heteroatoms. The minimum Gasteiger partial charge on any atom is -0.340 e. The second-order valence-corrected chi connectivity index (χ2v) is 11.7. The predicted molar refractivity (Wildman–Crippen MR) is 165 cm³/mol.